The Morgan fingerprint density at radius 3 is 2.52 bits per heavy atom. The third kappa shape index (κ3) is 5.56. The number of esters is 1. The van der Waals surface area contributed by atoms with E-state index in [0.29, 0.717) is 6.42 Å². The van der Waals surface area contributed by atoms with Crippen LogP contribution in [0.4, 0.5) is 0 Å². The predicted octanol–water partition coefficient (Wildman–Crippen LogP) is 3.39. The van der Waals surface area contributed by atoms with Gasteiger partial charge in [-0.2, -0.15) is 0 Å². The molecule has 0 amide bonds. The molecule has 2 N–H and O–H groups in total. The maximum Gasteiger partial charge on any atom is 0.307 e. The summed E-state index contributed by atoms with van der Waals surface area (Å²) in [5, 5.41) is 11.7. The number of nitrogens with one attached hydrogen (secondary N) is 1. The third-order valence-corrected chi connectivity index (χ3v) is 5.98. The number of hydrogen-bond donors (Lipinski definition) is 2. The van der Waals surface area contributed by atoms with E-state index in [1.165, 1.54) is 24.3 Å². The molecule has 29 heavy (non-hydrogen) atoms. The fraction of sp³-hybridized carbons (Fsp3) is 0.227. The first-order valence-corrected chi connectivity index (χ1v) is 10.8. The van der Waals surface area contributed by atoms with E-state index in [1.54, 1.807) is 6.92 Å². The van der Waals surface area contributed by atoms with Crippen LogP contribution >= 0.6 is 0 Å². The summed E-state index contributed by atoms with van der Waals surface area (Å²) < 4.78 is 33.1. The first kappa shape index (κ1) is 20.8. The van der Waals surface area contributed by atoms with Gasteiger partial charge in [0.25, 0.3) is 0 Å². The van der Waals surface area contributed by atoms with E-state index in [9.17, 15) is 18.3 Å². The van der Waals surface area contributed by atoms with E-state index in [4.69, 9.17) is 4.74 Å². The zero-order valence-electron chi connectivity index (χ0n) is 16.0. The number of hydrogen-bond acceptors (Lipinski definition) is 5. The molecule has 0 aliphatic rings. The van der Waals surface area contributed by atoms with E-state index in [2.05, 4.69) is 4.72 Å². The molecule has 3 rings (SSSR count). The van der Waals surface area contributed by atoms with Crippen LogP contribution in [0.3, 0.4) is 0 Å². The number of carbonyl (C=O) groups is 1. The Kier molecular flexibility index (Phi) is 6.51. The van der Waals surface area contributed by atoms with E-state index in [1.807, 2.05) is 42.5 Å². The SMILES string of the molecule is CCOC(=O)C[C@H](Cc1ccc2ccccc2c1)NS(=O)(=O)c1cccc(O)c1. The lowest BCUT2D eigenvalue weighted by Gasteiger charge is -2.19. The number of aromatic hydroxyl groups is 1. The summed E-state index contributed by atoms with van der Waals surface area (Å²) in [6, 6.07) is 18.5. The monoisotopic (exact) mass is 413 g/mol. The molecule has 0 saturated carbocycles. The Morgan fingerprint density at radius 1 is 1.03 bits per heavy atom. The van der Waals surface area contributed by atoms with Crippen molar-refractivity contribution in [2.75, 3.05) is 6.61 Å². The molecule has 3 aromatic carbocycles. The van der Waals surface area contributed by atoms with Crippen LogP contribution in [0.5, 0.6) is 5.75 Å². The molecule has 0 heterocycles. The molecule has 0 bridgehead atoms. The quantitative estimate of drug-likeness (QED) is 0.552. The summed E-state index contributed by atoms with van der Waals surface area (Å²) in [5.74, 6) is -0.624. The normalized spacial score (nSPS) is 12.6. The largest absolute Gasteiger partial charge is 0.508 e. The minimum atomic E-state index is -3.92. The van der Waals surface area contributed by atoms with Crippen LogP contribution in [0.15, 0.2) is 71.6 Å². The van der Waals surface area contributed by atoms with Gasteiger partial charge in [-0.15, -0.1) is 0 Å². The van der Waals surface area contributed by atoms with Crippen LogP contribution in [0, 0.1) is 0 Å². The lowest BCUT2D eigenvalue weighted by atomic mass is 10.0. The van der Waals surface area contributed by atoms with E-state index >= 15 is 0 Å². The molecule has 0 aliphatic heterocycles. The van der Waals surface area contributed by atoms with Gasteiger partial charge in [0.2, 0.25) is 10.0 Å². The van der Waals surface area contributed by atoms with Gasteiger partial charge >= 0.3 is 5.97 Å². The topological polar surface area (TPSA) is 92.7 Å². The van der Waals surface area contributed by atoms with E-state index in [0.717, 1.165) is 16.3 Å². The van der Waals surface area contributed by atoms with Crippen molar-refractivity contribution in [1.29, 1.82) is 0 Å². The number of carbonyl (C=O) groups excluding carboxylic acids is 1. The second-order valence-electron chi connectivity index (χ2n) is 6.71. The molecule has 0 aliphatic carbocycles. The number of ether oxygens (including phenoxy) is 1. The molecule has 0 unspecified atom stereocenters. The van der Waals surface area contributed by atoms with Crippen molar-refractivity contribution >= 4 is 26.8 Å². The van der Waals surface area contributed by atoms with Gasteiger partial charge in [-0.3, -0.25) is 4.79 Å². The van der Waals surface area contributed by atoms with Gasteiger partial charge < -0.3 is 9.84 Å². The van der Waals surface area contributed by atoms with Crippen molar-refractivity contribution in [1.82, 2.24) is 4.72 Å². The number of phenolic OH excluding ortho intramolecular Hbond substituents is 1. The smallest absolute Gasteiger partial charge is 0.307 e. The van der Waals surface area contributed by atoms with Crippen molar-refractivity contribution in [3.05, 3.63) is 72.3 Å². The maximum absolute atomic E-state index is 12.8. The lowest BCUT2D eigenvalue weighted by molar-refractivity contribution is -0.143. The van der Waals surface area contributed by atoms with Crippen LogP contribution in [0.2, 0.25) is 0 Å². The Hall–Kier alpha value is -2.90. The summed E-state index contributed by atoms with van der Waals surface area (Å²) >= 11 is 0. The molecule has 7 heteroatoms. The number of phenols is 1. The standard InChI is InChI=1S/C22H23NO5S/c1-2-28-22(25)14-19(23-29(26,27)21-9-5-8-20(24)15-21)13-16-10-11-17-6-3-4-7-18(17)12-16/h3-12,15,19,23-24H,2,13-14H2,1H3/t19-/m0/s1. The van der Waals surface area contributed by atoms with Gasteiger partial charge in [0, 0.05) is 6.04 Å². The minimum absolute atomic E-state index is 0.0649. The molecule has 0 aromatic heterocycles. The van der Waals surface area contributed by atoms with Crippen LogP contribution in [0.1, 0.15) is 18.9 Å². The number of rotatable bonds is 8. The summed E-state index contributed by atoms with van der Waals surface area (Å²) in [6.07, 6.45) is 0.223. The van der Waals surface area contributed by atoms with Crippen LogP contribution in [0.25, 0.3) is 10.8 Å². The zero-order valence-corrected chi connectivity index (χ0v) is 16.9. The average Bonchev–Trinajstić information content (AvgIpc) is 2.67. The summed E-state index contributed by atoms with van der Waals surface area (Å²) in [4.78, 5) is 12.0. The summed E-state index contributed by atoms with van der Waals surface area (Å²) in [5.41, 5.74) is 0.900. The Morgan fingerprint density at radius 2 is 1.79 bits per heavy atom. The molecule has 0 spiro atoms. The van der Waals surface area contributed by atoms with Gasteiger partial charge in [-0.05, 0) is 47.9 Å². The highest BCUT2D eigenvalue weighted by atomic mass is 32.2. The van der Waals surface area contributed by atoms with Crippen LogP contribution in [-0.2, 0) is 26.0 Å². The maximum atomic E-state index is 12.8. The van der Waals surface area contributed by atoms with Gasteiger partial charge in [0.05, 0.1) is 17.9 Å². The fourth-order valence-corrected chi connectivity index (χ4v) is 4.44. The van der Waals surface area contributed by atoms with Crippen LogP contribution in [-0.4, -0.2) is 32.1 Å². The highest BCUT2D eigenvalue weighted by Crippen LogP contribution is 2.20. The molecule has 1 atom stereocenters. The second kappa shape index (κ2) is 9.07. The molecule has 0 fully saturated rings. The van der Waals surface area contributed by atoms with Crippen molar-refractivity contribution in [2.45, 2.75) is 30.7 Å². The number of fused-ring (bicyclic) bond motifs is 1. The molecular weight excluding hydrogens is 390 g/mol. The average molecular weight is 413 g/mol. The van der Waals surface area contributed by atoms with Gasteiger partial charge in [0.1, 0.15) is 5.75 Å². The van der Waals surface area contributed by atoms with Gasteiger partial charge in [-0.25, -0.2) is 13.1 Å². The predicted molar refractivity (Wildman–Crippen MR) is 111 cm³/mol. The Labute approximate surface area is 170 Å². The lowest BCUT2D eigenvalue weighted by Crippen LogP contribution is -2.38. The molecule has 152 valence electrons. The van der Waals surface area contributed by atoms with Crippen molar-refractivity contribution in [2.24, 2.45) is 0 Å². The summed E-state index contributed by atoms with van der Waals surface area (Å²) in [6.45, 7) is 1.92. The van der Waals surface area contributed by atoms with Crippen molar-refractivity contribution in [3.63, 3.8) is 0 Å². The fourth-order valence-electron chi connectivity index (χ4n) is 3.17. The molecule has 0 saturated heterocycles. The Balaban J connectivity index is 1.86. The highest BCUT2D eigenvalue weighted by molar-refractivity contribution is 7.89. The van der Waals surface area contributed by atoms with Crippen molar-refractivity contribution in [3.8, 4) is 5.75 Å². The first-order chi connectivity index (χ1) is 13.9. The van der Waals surface area contributed by atoms with E-state index < -0.39 is 22.0 Å². The first-order valence-electron chi connectivity index (χ1n) is 9.32. The zero-order chi connectivity index (χ0) is 20.9. The summed E-state index contributed by atoms with van der Waals surface area (Å²) in [7, 11) is -3.92. The van der Waals surface area contributed by atoms with Crippen LogP contribution < -0.4 is 4.72 Å². The molecule has 0 radical (unpaired) electrons. The number of sulfonamides is 1. The molecular formula is C22H23NO5S. The van der Waals surface area contributed by atoms with Gasteiger partial charge in [-0.1, -0.05) is 48.5 Å². The molecule has 3 aromatic rings. The third-order valence-electron chi connectivity index (χ3n) is 4.46. The van der Waals surface area contributed by atoms with E-state index in [-0.39, 0.29) is 23.7 Å². The van der Waals surface area contributed by atoms with Gasteiger partial charge in [0.15, 0.2) is 0 Å². The Bertz CT molecular complexity index is 1110. The minimum Gasteiger partial charge on any atom is -0.508 e. The second-order valence-corrected chi connectivity index (χ2v) is 8.42. The van der Waals surface area contributed by atoms with Crippen molar-refractivity contribution < 1.29 is 23.1 Å². The molecule has 6 nitrogen and oxygen atoms in total. The number of benzene rings is 3. The highest BCUT2D eigenvalue weighted by Gasteiger charge is 2.23.